The molecule has 2 rings (SSSR count). The molecule has 0 amide bonds. The van der Waals surface area contributed by atoms with Crippen LogP contribution in [0.4, 0.5) is 17.2 Å². The number of nitrogens with zero attached hydrogens (tertiary/aromatic N) is 1. The number of nitrogens with two attached hydrogens (primary N) is 1. The number of aromatic nitrogens is 1. The highest BCUT2D eigenvalue weighted by atomic mass is 35.5. The molecule has 0 unspecified atom stereocenters. The Morgan fingerprint density at radius 2 is 2.05 bits per heavy atom. The van der Waals surface area contributed by atoms with Gasteiger partial charge in [0.05, 0.1) is 17.3 Å². The van der Waals surface area contributed by atoms with Crippen molar-refractivity contribution < 1.29 is 4.74 Å². The summed E-state index contributed by atoms with van der Waals surface area (Å²) in [5, 5.41) is 3.65. The van der Waals surface area contributed by atoms with Crippen LogP contribution in [0.25, 0.3) is 0 Å². The van der Waals surface area contributed by atoms with Gasteiger partial charge in [-0.15, -0.1) is 0 Å². The minimum absolute atomic E-state index is 0.513. The van der Waals surface area contributed by atoms with E-state index in [1.54, 1.807) is 12.3 Å². The quantitative estimate of drug-likeness (QED) is 0.871. The highest BCUT2D eigenvalue weighted by molar-refractivity contribution is 6.30. The number of anilines is 3. The maximum Gasteiger partial charge on any atom is 0.153 e. The van der Waals surface area contributed by atoms with E-state index in [9.17, 15) is 0 Å². The number of ether oxygens (including phenoxy) is 1. The summed E-state index contributed by atoms with van der Waals surface area (Å²) in [5.41, 5.74) is 7.24. The molecule has 19 heavy (non-hydrogen) atoms. The number of rotatable bonds is 5. The highest BCUT2D eigenvalue weighted by Crippen LogP contribution is 2.24. The van der Waals surface area contributed by atoms with E-state index in [2.05, 4.69) is 17.2 Å². The predicted molar refractivity (Wildman–Crippen MR) is 79.2 cm³/mol. The zero-order valence-electron chi connectivity index (χ0n) is 10.7. The molecule has 0 saturated heterocycles. The first-order chi connectivity index (χ1) is 9.19. The predicted octanol–water partition coefficient (Wildman–Crippen LogP) is 3.85. The summed E-state index contributed by atoms with van der Waals surface area (Å²) in [6.45, 7) is 2.80. The summed E-state index contributed by atoms with van der Waals surface area (Å²) in [5.74, 6) is 1.44. The molecule has 0 saturated carbocycles. The van der Waals surface area contributed by atoms with E-state index in [1.807, 2.05) is 24.3 Å². The summed E-state index contributed by atoms with van der Waals surface area (Å²) < 4.78 is 5.51. The van der Waals surface area contributed by atoms with Crippen molar-refractivity contribution in [3.63, 3.8) is 0 Å². The Labute approximate surface area is 117 Å². The number of pyridine rings is 1. The van der Waals surface area contributed by atoms with Crippen molar-refractivity contribution in [2.45, 2.75) is 13.3 Å². The number of hydrogen-bond acceptors (Lipinski definition) is 4. The molecule has 4 nitrogen and oxygen atoms in total. The number of halogens is 1. The van der Waals surface area contributed by atoms with Crippen LogP contribution in [0.5, 0.6) is 5.75 Å². The summed E-state index contributed by atoms with van der Waals surface area (Å²) in [6.07, 6.45) is 2.55. The van der Waals surface area contributed by atoms with Gasteiger partial charge in [0.25, 0.3) is 0 Å². The molecular weight excluding hydrogens is 262 g/mol. The minimum Gasteiger partial charge on any atom is -0.494 e. The second kappa shape index (κ2) is 6.29. The maximum atomic E-state index is 5.83. The Bertz CT molecular complexity index is 543. The van der Waals surface area contributed by atoms with Crippen molar-refractivity contribution in [1.82, 2.24) is 4.98 Å². The first-order valence-electron chi connectivity index (χ1n) is 6.10. The van der Waals surface area contributed by atoms with E-state index in [1.165, 1.54) is 0 Å². The topological polar surface area (TPSA) is 60.2 Å². The average molecular weight is 278 g/mol. The molecule has 0 aliphatic heterocycles. The lowest BCUT2D eigenvalue weighted by Crippen LogP contribution is -1.99. The maximum absolute atomic E-state index is 5.83. The van der Waals surface area contributed by atoms with Gasteiger partial charge in [0.2, 0.25) is 0 Å². The molecule has 0 aliphatic rings. The summed E-state index contributed by atoms with van der Waals surface area (Å²) >= 11 is 5.80. The molecule has 3 N–H and O–H groups in total. The van der Waals surface area contributed by atoms with Gasteiger partial charge in [0.15, 0.2) is 5.82 Å². The molecule has 0 atom stereocenters. The van der Waals surface area contributed by atoms with Crippen LogP contribution in [0.1, 0.15) is 13.3 Å². The van der Waals surface area contributed by atoms with Crippen LogP contribution in [0.15, 0.2) is 36.5 Å². The van der Waals surface area contributed by atoms with Gasteiger partial charge in [-0.05, 0) is 36.8 Å². The smallest absolute Gasteiger partial charge is 0.153 e. The fraction of sp³-hybridized carbons (Fsp3) is 0.214. The monoisotopic (exact) mass is 277 g/mol. The third-order valence-corrected chi connectivity index (χ3v) is 2.68. The molecule has 0 spiro atoms. The SMILES string of the molecule is CCCOc1ccc(Nc2ncc(Cl)cc2N)cc1. The van der Waals surface area contributed by atoms with Gasteiger partial charge in [0, 0.05) is 11.9 Å². The van der Waals surface area contributed by atoms with E-state index < -0.39 is 0 Å². The Hall–Kier alpha value is -1.94. The fourth-order valence-electron chi connectivity index (χ4n) is 1.55. The first-order valence-corrected chi connectivity index (χ1v) is 6.47. The van der Waals surface area contributed by atoms with Crippen LogP contribution in [0.2, 0.25) is 5.02 Å². The Morgan fingerprint density at radius 3 is 2.68 bits per heavy atom. The van der Waals surface area contributed by atoms with Crippen molar-refractivity contribution in [2.75, 3.05) is 17.7 Å². The zero-order chi connectivity index (χ0) is 13.7. The summed E-state index contributed by atoms with van der Waals surface area (Å²) in [4.78, 5) is 4.15. The molecule has 5 heteroatoms. The number of nitrogens with one attached hydrogen (secondary N) is 1. The minimum atomic E-state index is 0.513. The summed E-state index contributed by atoms with van der Waals surface area (Å²) in [6, 6.07) is 9.31. The van der Waals surface area contributed by atoms with Gasteiger partial charge in [-0.1, -0.05) is 18.5 Å². The molecule has 0 aliphatic carbocycles. The van der Waals surface area contributed by atoms with Crippen molar-refractivity contribution in [3.8, 4) is 5.75 Å². The van der Waals surface area contributed by atoms with Gasteiger partial charge in [-0.25, -0.2) is 4.98 Å². The Morgan fingerprint density at radius 1 is 1.32 bits per heavy atom. The van der Waals surface area contributed by atoms with E-state index >= 15 is 0 Å². The second-order valence-electron chi connectivity index (χ2n) is 4.09. The van der Waals surface area contributed by atoms with Gasteiger partial charge in [-0.2, -0.15) is 0 Å². The number of nitrogen functional groups attached to an aromatic ring is 1. The van der Waals surface area contributed by atoms with Crippen LogP contribution in [-0.2, 0) is 0 Å². The van der Waals surface area contributed by atoms with Gasteiger partial charge < -0.3 is 15.8 Å². The van der Waals surface area contributed by atoms with Crippen LogP contribution in [0.3, 0.4) is 0 Å². The lowest BCUT2D eigenvalue weighted by atomic mass is 10.3. The van der Waals surface area contributed by atoms with Gasteiger partial charge in [-0.3, -0.25) is 0 Å². The number of hydrogen-bond donors (Lipinski definition) is 2. The van der Waals surface area contributed by atoms with E-state index in [0.29, 0.717) is 16.5 Å². The molecule has 100 valence electrons. The van der Waals surface area contributed by atoms with Gasteiger partial charge in [0.1, 0.15) is 5.75 Å². The average Bonchev–Trinajstić information content (AvgIpc) is 2.41. The normalized spacial score (nSPS) is 10.2. The lowest BCUT2D eigenvalue weighted by molar-refractivity contribution is 0.317. The van der Waals surface area contributed by atoms with Crippen molar-refractivity contribution in [2.24, 2.45) is 0 Å². The van der Waals surface area contributed by atoms with E-state index in [0.717, 1.165) is 24.5 Å². The Balaban J connectivity index is 2.06. The van der Waals surface area contributed by atoms with E-state index in [4.69, 9.17) is 22.1 Å². The third kappa shape index (κ3) is 3.76. The van der Waals surface area contributed by atoms with Crippen LogP contribution in [-0.4, -0.2) is 11.6 Å². The Kier molecular flexibility index (Phi) is 4.47. The fourth-order valence-corrected chi connectivity index (χ4v) is 1.72. The van der Waals surface area contributed by atoms with Gasteiger partial charge >= 0.3 is 0 Å². The molecule has 1 aromatic heterocycles. The summed E-state index contributed by atoms with van der Waals surface area (Å²) in [7, 11) is 0. The van der Waals surface area contributed by atoms with Crippen molar-refractivity contribution in [3.05, 3.63) is 41.6 Å². The van der Waals surface area contributed by atoms with Crippen molar-refractivity contribution >= 4 is 28.8 Å². The lowest BCUT2D eigenvalue weighted by Gasteiger charge is -2.09. The van der Waals surface area contributed by atoms with Crippen LogP contribution >= 0.6 is 11.6 Å². The molecule has 0 bridgehead atoms. The second-order valence-corrected chi connectivity index (χ2v) is 4.53. The third-order valence-electron chi connectivity index (χ3n) is 2.47. The van der Waals surface area contributed by atoms with Crippen LogP contribution < -0.4 is 15.8 Å². The number of benzene rings is 1. The molecule has 1 heterocycles. The van der Waals surface area contributed by atoms with Crippen LogP contribution in [0, 0.1) is 0 Å². The largest absolute Gasteiger partial charge is 0.494 e. The molecule has 0 fully saturated rings. The zero-order valence-corrected chi connectivity index (χ0v) is 11.4. The molecule has 2 aromatic rings. The standard InChI is InChI=1S/C14H16ClN3O/c1-2-7-19-12-5-3-11(4-6-12)18-14-13(16)8-10(15)9-17-14/h3-6,8-9H,2,7,16H2,1H3,(H,17,18). The van der Waals surface area contributed by atoms with Crippen molar-refractivity contribution in [1.29, 1.82) is 0 Å². The first kappa shape index (κ1) is 13.5. The molecule has 1 aromatic carbocycles. The van der Waals surface area contributed by atoms with E-state index in [-0.39, 0.29) is 0 Å². The highest BCUT2D eigenvalue weighted by Gasteiger charge is 2.02. The molecule has 0 radical (unpaired) electrons. The molecular formula is C14H16ClN3O.